The highest BCUT2D eigenvalue weighted by atomic mass is 16.7. The number of carbonyl (C=O) groups is 1. The molecule has 0 fully saturated rings. The minimum absolute atomic E-state index is 0.217. The fourth-order valence-electron chi connectivity index (χ4n) is 1.68. The van der Waals surface area contributed by atoms with Gasteiger partial charge in [0.1, 0.15) is 0 Å². The molecule has 116 valence electrons. The lowest BCUT2D eigenvalue weighted by molar-refractivity contribution is -0.387. The zero-order valence-electron chi connectivity index (χ0n) is 11.3. The first-order valence-corrected chi connectivity index (χ1v) is 6.06. The second kappa shape index (κ2) is 7.31. The van der Waals surface area contributed by atoms with E-state index in [2.05, 4.69) is 4.84 Å². The van der Waals surface area contributed by atoms with Gasteiger partial charge in [0.05, 0.1) is 17.5 Å². The molecule has 1 aromatic heterocycles. The zero-order valence-corrected chi connectivity index (χ0v) is 11.3. The van der Waals surface area contributed by atoms with E-state index in [0.717, 1.165) is 10.8 Å². The Balaban J connectivity index is 3.22. The first-order valence-electron chi connectivity index (χ1n) is 6.06. The second-order valence-corrected chi connectivity index (χ2v) is 4.05. The molecule has 1 heterocycles. The van der Waals surface area contributed by atoms with Crippen LogP contribution < -0.4 is 22.7 Å². The molecule has 0 radical (unpaired) electrons. The highest BCUT2D eigenvalue weighted by Crippen LogP contribution is 2.01. The summed E-state index contributed by atoms with van der Waals surface area (Å²) >= 11 is 0. The first-order chi connectivity index (χ1) is 9.92. The Bertz CT molecular complexity index is 648. The molecule has 11 nitrogen and oxygen atoms in total. The third-order valence-corrected chi connectivity index (χ3v) is 2.59. The number of aromatic nitrogens is 2. The van der Waals surface area contributed by atoms with Crippen LogP contribution in [0.2, 0.25) is 0 Å². The minimum Gasteiger partial charge on any atom is -0.356 e. The van der Waals surface area contributed by atoms with Gasteiger partial charge >= 0.3 is 22.9 Å². The van der Waals surface area contributed by atoms with E-state index in [1.54, 1.807) is 12.5 Å². The van der Waals surface area contributed by atoms with E-state index in [-0.39, 0.29) is 19.5 Å². The standard InChI is InChI=1S/C10H15N5O6/c1-2-4-13-6-7(15(19)20)9(17)14(10(13)18)5-3-8(16)21-12-11/h6,12H,2-5,11H2,1H3. The number of nitrogens with two attached hydrogens (primary N) is 1. The predicted octanol–water partition coefficient (Wildman–Crippen LogP) is -1.36. The number of nitro groups is 1. The van der Waals surface area contributed by atoms with Gasteiger partial charge in [-0.3, -0.25) is 28.8 Å². The van der Waals surface area contributed by atoms with Crippen LogP contribution >= 0.6 is 0 Å². The van der Waals surface area contributed by atoms with Gasteiger partial charge in [-0.05, 0) is 6.42 Å². The lowest BCUT2D eigenvalue weighted by Gasteiger charge is -2.09. The summed E-state index contributed by atoms with van der Waals surface area (Å²) in [5.41, 5.74) is -0.848. The Hall–Kier alpha value is -2.53. The van der Waals surface area contributed by atoms with Crippen molar-refractivity contribution in [3.05, 3.63) is 37.1 Å². The fourth-order valence-corrected chi connectivity index (χ4v) is 1.68. The lowest BCUT2D eigenvalue weighted by Crippen LogP contribution is -2.41. The van der Waals surface area contributed by atoms with Gasteiger partial charge in [-0.1, -0.05) is 12.5 Å². The van der Waals surface area contributed by atoms with E-state index in [0.29, 0.717) is 11.0 Å². The second-order valence-electron chi connectivity index (χ2n) is 4.05. The highest BCUT2D eigenvalue weighted by molar-refractivity contribution is 5.68. The smallest absolute Gasteiger partial charge is 0.350 e. The average molecular weight is 301 g/mol. The maximum Gasteiger partial charge on any atom is 0.350 e. The van der Waals surface area contributed by atoms with E-state index in [4.69, 9.17) is 5.84 Å². The van der Waals surface area contributed by atoms with Gasteiger partial charge in [0.15, 0.2) is 0 Å². The number of nitrogens with one attached hydrogen (secondary N) is 1. The van der Waals surface area contributed by atoms with Crippen LogP contribution in [0.5, 0.6) is 0 Å². The molecule has 3 N–H and O–H groups in total. The molecule has 0 aliphatic rings. The molecule has 1 rings (SSSR count). The van der Waals surface area contributed by atoms with Crippen molar-refractivity contribution < 1.29 is 14.6 Å². The third kappa shape index (κ3) is 3.97. The Morgan fingerprint density at radius 2 is 2.14 bits per heavy atom. The SMILES string of the molecule is CCCn1cc([N+](=O)[O-])c(=O)n(CCC(=O)ONN)c1=O. The molecule has 0 aromatic carbocycles. The Kier molecular flexibility index (Phi) is 5.75. The van der Waals surface area contributed by atoms with Crippen LogP contribution in [0, 0.1) is 10.1 Å². The Morgan fingerprint density at radius 3 is 2.67 bits per heavy atom. The van der Waals surface area contributed by atoms with Crippen LogP contribution in [0.1, 0.15) is 19.8 Å². The fraction of sp³-hybridized carbons (Fsp3) is 0.500. The summed E-state index contributed by atoms with van der Waals surface area (Å²) in [5, 5.41) is 10.8. The van der Waals surface area contributed by atoms with Crippen molar-refractivity contribution in [1.29, 1.82) is 0 Å². The molecule has 11 heteroatoms. The minimum atomic E-state index is -1.06. The van der Waals surface area contributed by atoms with Gasteiger partial charge in [-0.15, -0.1) is 0 Å². The summed E-state index contributed by atoms with van der Waals surface area (Å²) in [6, 6.07) is 0. The highest BCUT2D eigenvalue weighted by Gasteiger charge is 2.20. The molecule has 0 aliphatic carbocycles. The molecule has 1 aromatic rings. The van der Waals surface area contributed by atoms with Crippen LogP contribution in [-0.4, -0.2) is 20.0 Å². The molecular weight excluding hydrogens is 286 g/mol. The maximum absolute atomic E-state index is 12.0. The average Bonchev–Trinajstić information content (AvgIpc) is 2.41. The molecule has 0 amide bonds. The number of carbonyl (C=O) groups excluding carboxylic acids is 1. The molecule has 0 bridgehead atoms. The van der Waals surface area contributed by atoms with E-state index in [1.807, 2.05) is 0 Å². The molecule has 0 spiro atoms. The topological polar surface area (TPSA) is 151 Å². The van der Waals surface area contributed by atoms with Crippen molar-refractivity contribution in [2.45, 2.75) is 32.9 Å². The number of hydrazine groups is 1. The van der Waals surface area contributed by atoms with E-state index in [9.17, 15) is 24.5 Å². The molecule has 0 saturated carbocycles. The van der Waals surface area contributed by atoms with Crippen molar-refractivity contribution >= 4 is 11.7 Å². The van der Waals surface area contributed by atoms with E-state index in [1.165, 1.54) is 0 Å². The summed E-state index contributed by atoms with van der Waals surface area (Å²) in [7, 11) is 0. The quantitative estimate of drug-likeness (QED) is 0.356. The summed E-state index contributed by atoms with van der Waals surface area (Å²) < 4.78 is 1.69. The van der Waals surface area contributed by atoms with Gasteiger partial charge in [0, 0.05) is 13.1 Å². The summed E-state index contributed by atoms with van der Waals surface area (Å²) in [6.45, 7) is 1.65. The largest absolute Gasteiger partial charge is 0.356 e. The van der Waals surface area contributed by atoms with Crippen molar-refractivity contribution in [1.82, 2.24) is 14.7 Å². The normalized spacial score (nSPS) is 10.4. The van der Waals surface area contributed by atoms with Crippen molar-refractivity contribution in [2.24, 2.45) is 5.84 Å². The zero-order chi connectivity index (χ0) is 16.0. The van der Waals surface area contributed by atoms with Gasteiger partial charge in [0.2, 0.25) is 0 Å². The summed E-state index contributed by atoms with van der Waals surface area (Å²) in [4.78, 5) is 49.3. The molecule has 0 unspecified atom stereocenters. The molecule has 0 saturated heterocycles. The van der Waals surface area contributed by atoms with E-state index < -0.39 is 27.8 Å². The van der Waals surface area contributed by atoms with Gasteiger partial charge in [0.25, 0.3) is 0 Å². The Labute approximate surface area is 118 Å². The van der Waals surface area contributed by atoms with Gasteiger partial charge < -0.3 is 4.84 Å². The van der Waals surface area contributed by atoms with Gasteiger partial charge in [-0.2, -0.15) is 0 Å². The molecular formula is C10H15N5O6. The number of rotatable bonds is 7. The maximum atomic E-state index is 12.0. The Morgan fingerprint density at radius 1 is 1.48 bits per heavy atom. The lowest BCUT2D eigenvalue weighted by atomic mass is 10.4. The monoisotopic (exact) mass is 301 g/mol. The molecule has 0 aliphatic heterocycles. The van der Waals surface area contributed by atoms with Crippen LogP contribution in [0.3, 0.4) is 0 Å². The van der Waals surface area contributed by atoms with E-state index >= 15 is 0 Å². The number of hydrogen-bond donors (Lipinski definition) is 2. The predicted molar refractivity (Wildman–Crippen MR) is 69.9 cm³/mol. The number of nitrogens with zero attached hydrogens (tertiary/aromatic N) is 3. The summed E-state index contributed by atoms with van der Waals surface area (Å²) in [6.07, 6.45) is 1.12. The van der Waals surface area contributed by atoms with Gasteiger partial charge in [-0.25, -0.2) is 10.6 Å². The van der Waals surface area contributed by atoms with Crippen LogP contribution in [-0.2, 0) is 22.7 Å². The van der Waals surface area contributed by atoms with Crippen molar-refractivity contribution in [3.63, 3.8) is 0 Å². The first kappa shape index (κ1) is 16.5. The number of hydrogen-bond acceptors (Lipinski definition) is 8. The van der Waals surface area contributed by atoms with Crippen LogP contribution in [0.25, 0.3) is 0 Å². The number of aryl methyl sites for hydroxylation is 1. The van der Waals surface area contributed by atoms with Crippen molar-refractivity contribution in [2.75, 3.05) is 0 Å². The van der Waals surface area contributed by atoms with Crippen LogP contribution in [0.15, 0.2) is 15.8 Å². The summed E-state index contributed by atoms with van der Waals surface area (Å²) in [5.74, 6) is 3.96. The van der Waals surface area contributed by atoms with Crippen molar-refractivity contribution in [3.8, 4) is 0 Å². The van der Waals surface area contributed by atoms with Crippen LogP contribution in [0.4, 0.5) is 5.69 Å². The third-order valence-electron chi connectivity index (χ3n) is 2.59. The molecule has 21 heavy (non-hydrogen) atoms. The molecule has 0 atom stereocenters.